The molecule has 0 heterocycles. The Morgan fingerprint density at radius 1 is 0.963 bits per heavy atom. The molecule has 0 amide bonds. The van der Waals surface area contributed by atoms with E-state index in [4.69, 9.17) is 9.16 Å². The number of ketones is 1. The van der Waals surface area contributed by atoms with E-state index in [0.717, 1.165) is 11.3 Å². The van der Waals surface area contributed by atoms with Crippen LogP contribution >= 0.6 is 0 Å². The molecule has 0 bridgehead atoms. The quantitative estimate of drug-likeness (QED) is 0.366. The summed E-state index contributed by atoms with van der Waals surface area (Å²) in [6.07, 6.45) is 0. The van der Waals surface area contributed by atoms with Crippen LogP contribution < -0.4 is 4.74 Å². The van der Waals surface area contributed by atoms with Gasteiger partial charge in [0.25, 0.3) is 8.32 Å². The van der Waals surface area contributed by atoms with Crippen molar-refractivity contribution in [3.8, 4) is 17.2 Å². The Hall–Kier alpha value is -2.35. The Morgan fingerprint density at radius 3 is 2.07 bits per heavy atom. The monoisotopic (exact) mass is 380 g/mol. The Labute approximate surface area is 163 Å². The van der Waals surface area contributed by atoms with E-state index < -0.39 is 8.32 Å². The van der Waals surface area contributed by atoms with Crippen LogP contribution in [-0.4, -0.2) is 21.2 Å². The summed E-state index contributed by atoms with van der Waals surface area (Å²) in [4.78, 5) is 12.5. The fraction of sp³-hybridized carbons (Fsp3) is 0.348. The fourth-order valence-corrected chi connectivity index (χ4v) is 6.43. The van der Waals surface area contributed by atoms with E-state index in [1.807, 2.05) is 42.5 Å². The van der Waals surface area contributed by atoms with Crippen LogP contribution in [0.1, 0.15) is 43.6 Å². The van der Waals surface area contributed by atoms with Gasteiger partial charge < -0.3 is 9.16 Å². The number of carbonyl (C=O) groups is 1. The van der Waals surface area contributed by atoms with E-state index >= 15 is 0 Å². The molecule has 0 aromatic heterocycles. The SMILES string of the molecule is COc1ccc(CO[Si](C#CC(=O)c2ccccc2)(C(C)C)C(C)C)cc1. The average molecular weight is 381 g/mol. The van der Waals surface area contributed by atoms with Gasteiger partial charge >= 0.3 is 0 Å². The number of benzene rings is 2. The summed E-state index contributed by atoms with van der Waals surface area (Å²) in [7, 11) is -0.811. The lowest BCUT2D eigenvalue weighted by Crippen LogP contribution is -2.43. The number of carbonyl (C=O) groups excluding carboxylic acids is 1. The van der Waals surface area contributed by atoms with Gasteiger partial charge in [-0.05, 0) is 34.7 Å². The number of rotatable bonds is 7. The third-order valence-corrected chi connectivity index (χ3v) is 9.33. The second-order valence-corrected chi connectivity index (χ2v) is 11.6. The molecular formula is C23H28O3Si. The minimum absolute atomic E-state index is 0.151. The van der Waals surface area contributed by atoms with Gasteiger partial charge in [0, 0.05) is 5.56 Å². The molecule has 27 heavy (non-hydrogen) atoms. The molecule has 2 aromatic carbocycles. The molecule has 0 aliphatic carbocycles. The van der Waals surface area contributed by atoms with Crippen LogP contribution in [-0.2, 0) is 11.0 Å². The van der Waals surface area contributed by atoms with Gasteiger partial charge in [0.2, 0.25) is 5.78 Å². The predicted octanol–water partition coefficient (Wildman–Crippen LogP) is 5.40. The highest BCUT2D eigenvalue weighted by Crippen LogP contribution is 2.33. The van der Waals surface area contributed by atoms with Crippen molar-refractivity contribution >= 4 is 14.1 Å². The molecule has 0 fully saturated rings. The summed E-state index contributed by atoms with van der Waals surface area (Å²) >= 11 is 0. The van der Waals surface area contributed by atoms with Crippen LogP contribution in [0, 0.1) is 11.5 Å². The van der Waals surface area contributed by atoms with Crippen molar-refractivity contribution in [3.05, 3.63) is 65.7 Å². The lowest BCUT2D eigenvalue weighted by Gasteiger charge is -2.33. The molecule has 0 radical (unpaired) electrons. The smallest absolute Gasteiger partial charge is 0.277 e. The van der Waals surface area contributed by atoms with Crippen LogP contribution in [0.25, 0.3) is 0 Å². The third kappa shape index (κ3) is 5.32. The summed E-state index contributed by atoms with van der Waals surface area (Å²) in [6.45, 7) is 9.05. The third-order valence-electron chi connectivity index (χ3n) is 4.76. The minimum atomic E-state index is -2.46. The zero-order valence-electron chi connectivity index (χ0n) is 16.8. The van der Waals surface area contributed by atoms with Crippen molar-refractivity contribution in [2.24, 2.45) is 0 Å². The molecule has 2 rings (SSSR count). The Bertz CT molecular complexity index is 791. The van der Waals surface area contributed by atoms with Crippen molar-refractivity contribution in [2.45, 2.75) is 45.4 Å². The van der Waals surface area contributed by atoms with Gasteiger partial charge in [0.05, 0.1) is 13.7 Å². The fourth-order valence-electron chi connectivity index (χ4n) is 3.07. The van der Waals surface area contributed by atoms with Gasteiger partial charge in [0.15, 0.2) is 0 Å². The highest BCUT2D eigenvalue weighted by Gasteiger charge is 2.41. The van der Waals surface area contributed by atoms with E-state index in [2.05, 4.69) is 39.2 Å². The maximum atomic E-state index is 12.5. The predicted molar refractivity (Wildman–Crippen MR) is 112 cm³/mol. The molecule has 0 aliphatic rings. The molecule has 3 nitrogen and oxygen atoms in total. The molecule has 4 heteroatoms. The zero-order chi connectivity index (χ0) is 19.9. The number of hydrogen-bond acceptors (Lipinski definition) is 3. The van der Waals surface area contributed by atoms with Crippen molar-refractivity contribution in [1.82, 2.24) is 0 Å². The van der Waals surface area contributed by atoms with Gasteiger partial charge in [-0.15, -0.1) is 0 Å². The van der Waals surface area contributed by atoms with Crippen molar-refractivity contribution in [2.75, 3.05) is 7.11 Å². The van der Waals surface area contributed by atoms with Gasteiger partial charge in [-0.3, -0.25) is 4.79 Å². The largest absolute Gasteiger partial charge is 0.497 e. The lowest BCUT2D eigenvalue weighted by atomic mass is 10.1. The first-order valence-corrected chi connectivity index (χ1v) is 11.3. The van der Waals surface area contributed by atoms with Crippen LogP contribution in [0.15, 0.2) is 54.6 Å². The van der Waals surface area contributed by atoms with Gasteiger partial charge in [-0.1, -0.05) is 75.7 Å². The minimum Gasteiger partial charge on any atom is -0.497 e. The zero-order valence-corrected chi connectivity index (χ0v) is 17.8. The van der Waals surface area contributed by atoms with Crippen LogP contribution in [0.3, 0.4) is 0 Å². The van der Waals surface area contributed by atoms with Crippen molar-refractivity contribution < 1.29 is 14.0 Å². The molecule has 0 spiro atoms. The first-order chi connectivity index (χ1) is 12.9. The van der Waals surface area contributed by atoms with E-state index in [0.29, 0.717) is 12.2 Å². The van der Waals surface area contributed by atoms with Gasteiger partial charge in [-0.2, -0.15) is 0 Å². The van der Waals surface area contributed by atoms with Crippen LogP contribution in [0.5, 0.6) is 5.75 Å². The van der Waals surface area contributed by atoms with E-state index in [-0.39, 0.29) is 16.9 Å². The Morgan fingerprint density at radius 2 is 1.56 bits per heavy atom. The molecule has 0 unspecified atom stereocenters. The van der Waals surface area contributed by atoms with Crippen molar-refractivity contribution in [3.63, 3.8) is 0 Å². The van der Waals surface area contributed by atoms with Crippen molar-refractivity contribution in [1.29, 1.82) is 0 Å². The highest BCUT2D eigenvalue weighted by molar-refractivity contribution is 6.84. The summed E-state index contributed by atoms with van der Waals surface area (Å²) < 4.78 is 11.7. The Kier molecular flexibility index (Phi) is 7.41. The molecule has 2 aromatic rings. The maximum Gasteiger partial charge on any atom is 0.277 e. The van der Waals surface area contributed by atoms with Gasteiger partial charge in [-0.25, -0.2) is 0 Å². The summed E-state index contributed by atoms with van der Waals surface area (Å²) in [5.74, 6) is 3.56. The lowest BCUT2D eigenvalue weighted by molar-refractivity contribution is 0.105. The van der Waals surface area contributed by atoms with E-state index in [1.54, 1.807) is 19.2 Å². The van der Waals surface area contributed by atoms with Crippen LogP contribution in [0.4, 0.5) is 0 Å². The summed E-state index contributed by atoms with van der Waals surface area (Å²) in [6, 6.07) is 17.0. The first-order valence-electron chi connectivity index (χ1n) is 9.28. The molecule has 0 atom stereocenters. The van der Waals surface area contributed by atoms with E-state index in [1.165, 1.54) is 0 Å². The Balaban J connectivity index is 2.24. The molecule has 142 valence electrons. The first kappa shape index (κ1) is 21.0. The maximum absolute atomic E-state index is 12.5. The molecule has 0 aliphatic heterocycles. The van der Waals surface area contributed by atoms with Crippen LogP contribution in [0.2, 0.25) is 11.1 Å². The second kappa shape index (κ2) is 9.54. The second-order valence-electron chi connectivity index (χ2n) is 7.18. The summed E-state index contributed by atoms with van der Waals surface area (Å²) in [5, 5.41) is 0. The topological polar surface area (TPSA) is 35.5 Å². The normalized spacial score (nSPS) is 11.2. The number of hydrogen-bond donors (Lipinski definition) is 0. The molecular weight excluding hydrogens is 352 g/mol. The average Bonchev–Trinajstić information content (AvgIpc) is 2.68. The molecule has 0 saturated heterocycles. The number of methoxy groups -OCH3 is 1. The number of Topliss-reactive ketones (excluding diaryl/α,β-unsaturated/α-hetero) is 1. The number of ether oxygens (including phenoxy) is 1. The van der Waals surface area contributed by atoms with E-state index in [9.17, 15) is 4.79 Å². The van der Waals surface area contributed by atoms with Gasteiger partial charge in [0.1, 0.15) is 5.75 Å². The molecule has 0 N–H and O–H groups in total. The standard InChI is InChI=1S/C23H28O3Si/c1-18(2)27(19(3)4,16-15-23(24)21-9-7-6-8-10-21)26-17-20-11-13-22(25-5)14-12-20/h6-14,18-19H,17H2,1-5H3. The molecule has 0 saturated carbocycles. The highest BCUT2D eigenvalue weighted by atomic mass is 28.4. The summed E-state index contributed by atoms with van der Waals surface area (Å²) in [5.41, 5.74) is 5.55.